The summed E-state index contributed by atoms with van der Waals surface area (Å²) >= 11 is 0. The molecule has 0 bridgehead atoms. The van der Waals surface area contributed by atoms with E-state index in [2.05, 4.69) is 54.0 Å². The van der Waals surface area contributed by atoms with Gasteiger partial charge in [-0.2, -0.15) is 5.48 Å². The summed E-state index contributed by atoms with van der Waals surface area (Å²) in [5.41, 5.74) is 6.87. The Bertz CT molecular complexity index is 489. The molecule has 0 aliphatic carbocycles. The zero-order valence-electron chi connectivity index (χ0n) is 9.60. The highest BCUT2D eigenvalue weighted by atomic mass is 16.7. The summed E-state index contributed by atoms with van der Waals surface area (Å²) in [6, 6.07) is 19.4. The van der Waals surface area contributed by atoms with Gasteiger partial charge >= 0.3 is 0 Å². The maximum Gasteiger partial charge on any atom is 0.0701 e. The van der Waals surface area contributed by atoms with E-state index in [1.807, 2.05) is 6.07 Å². The predicted molar refractivity (Wildman–Crippen MR) is 68.3 cm³/mol. The van der Waals surface area contributed by atoms with Gasteiger partial charge in [0.15, 0.2) is 0 Å². The molecule has 86 valence electrons. The van der Waals surface area contributed by atoms with Gasteiger partial charge in [0.25, 0.3) is 0 Å². The minimum Gasteiger partial charge on any atom is -0.301 e. The lowest BCUT2D eigenvalue weighted by atomic mass is 9.99. The third-order valence-corrected chi connectivity index (χ3v) is 3.13. The lowest BCUT2D eigenvalue weighted by molar-refractivity contribution is 0.0883. The average molecular weight is 225 g/mol. The molecule has 1 heterocycles. The highest BCUT2D eigenvalue weighted by molar-refractivity contribution is 5.64. The van der Waals surface area contributed by atoms with Crippen LogP contribution < -0.4 is 5.48 Å². The molecule has 0 spiro atoms. The van der Waals surface area contributed by atoms with Gasteiger partial charge in [-0.15, -0.1) is 0 Å². The molecule has 3 rings (SSSR count). The second kappa shape index (κ2) is 4.70. The number of hydrogen-bond acceptors (Lipinski definition) is 2. The Hall–Kier alpha value is -1.64. The summed E-state index contributed by atoms with van der Waals surface area (Å²) in [7, 11) is 0. The van der Waals surface area contributed by atoms with Crippen LogP contribution >= 0.6 is 0 Å². The number of nitrogens with one attached hydrogen (secondary N) is 1. The van der Waals surface area contributed by atoms with Crippen LogP contribution in [0.5, 0.6) is 0 Å². The fourth-order valence-corrected chi connectivity index (χ4v) is 2.20. The third-order valence-electron chi connectivity index (χ3n) is 3.13. The van der Waals surface area contributed by atoms with Crippen LogP contribution in [0.15, 0.2) is 54.6 Å². The van der Waals surface area contributed by atoms with E-state index >= 15 is 0 Å². The molecule has 1 unspecified atom stereocenters. The van der Waals surface area contributed by atoms with Gasteiger partial charge in [-0.1, -0.05) is 48.5 Å². The predicted octanol–water partition coefficient (Wildman–Crippen LogP) is 3.32. The van der Waals surface area contributed by atoms with Crippen LogP contribution in [-0.4, -0.2) is 6.61 Å². The second-order valence-electron chi connectivity index (χ2n) is 4.30. The Morgan fingerprint density at radius 1 is 0.941 bits per heavy atom. The highest BCUT2D eigenvalue weighted by Crippen LogP contribution is 2.26. The molecule has 1 fully saturated rings. The Morgan fingerprint density at radius 2 is 1.76 bits per heavy atom. The van der Waals surface area contributed by atoms with Gasteiger partial charge in [-0.05, 0) is 29.2 Å². The maximum absolute atomic E-state index is 5.21. The first-order chi connectivity index (χ1) is 8.43. The monoisotopic (exact) mass is 225 g/mol. The van der Waals surface area contributed by atoms with Crippen molar-refractivity contribution < 1.29 is 4.84 Å². The van der Waals surface area contributed by atoms with Crippen molar-refractivity contribution >= 4 is 0 Å². The molecule has 2 aromatic rings. The Balaban J connectivity index is 1.94. The molecule has 1 N–H and O–H groups in total. The standard InChI is InChI=1S/C15H15NO/c1-2-5-12(6-3-1)13-7-4-8-14(11-13)15-9-10-17-16-15/h1-8,11,15-16H,9-10H2. The van der Waals surface area contributed by atoms with Crippen molar-refractivity contribution in [3.05, 3.63) is 60.2 Å². The smallest absolute Gasteiger partial charge is 0.0701 e. The summed E-state index contributed by atoms with van der Waals surface area (Å²) in [5, 5.41) is 0. The molecule has 2 nitrogen and oxygen atoms in total. The van der Waals surface area contributed by atoms with Crippen LogP contribution in [-0.2, 0) is 4.84 Å². The normalized spacial score (nSPS) is 19.4. The summed E-state index contributed by atoms with van der Waals surface area (Å²) in [5.74, 6) is 0. The zero-order chi connectivity index (χ0) is 11.5. The molecule has 1 saturated heterocycles. The molecule has 17 heavy (non-hydrogen) atoms. The lowest BCUT2D eigenvalue weighted by Crippen LogP contribution is -2.11. The molecular formula is C15H15NO. The minimum absolute atomic E-state index is 0.332. The molecule has 0 saturated carbocycles. The molecule has 1 aliphatic rings. The molecule has 2 heteroatoms. The van der Waals surface area contributed by atoms with Crippen molar-refractivity contribution in [2.75, 3.05) is 6.61 Å². The quantitative estimate of drug-likeness (QED) is 0.846. The first-order valence-corrected chi connectivity index (χ1v) is 5.96. The zero-order valence-corrected chi connectivity index (χ0v) is 9.60. The first kappa shape index (κ1) is 10.5. The van der Waals surface area contributed by atoms with E-state index in [9.17, 15) is 0 Å². The fourth-order valence-electron chi connectivity index (χ4n) is 2.20. The van der Waals surface area contributed by atoms with E-state index in [0.29, 0.717) is 6.04 Å². The van der Waals surface area contributed by atoms with Gasteiger partial charge in [-0.25, -0.2) is 0 Å². The Labute approximate surface area is 101 Å². The first-order valence-electron chi connectivity index (χ1n) is 5.96. The van der Waals surface area contributed by atoms with Crippen molar-refractivity contribution in [3.63, 3.8) is 0 Å². The number of benzene rings is 2. The fraction of sp³-hybridized carbons (Fsp3) is 0.200. The van der Waals surface area contributed by atoms with E-state index in [0.717, 1.165) is 13.0 Å². The number of hydroxylamine groups is 1. The van der Waals surface area contributed by atoms with E-state index in [1.165, 1.54) is 16.7 Å². The molecule has 0 aromatic heterocycles. The Morgan fingerprint density at radius 3 is 2.53 bits per heavy atom. The summed E-state index contributed by atoms with van der Waals surface area (Å²) in [6.45, 7) is 0.792. The van der Waals surface area contributed by atoms with E-state index in [-0.39, 0.29) is 0 Å². The lowest BCUT2D eigenvalue weighted by Gasteiger charge is -2.10. The van der Waals surface area contributed by atoms with E-state index < -0.39 is 0 Å². The molecule has 2 aromatic carbocycles. The van der Waals surface area contributed by atoms with Crippen LogP contribution in [0, 0.1) is 0 Å². The van der Waals surface area contributed by atoms with Crippen molar-refractivity contribution in [3.8, 4) is 11.1 Å². The van der Waals surface area contributed by atoms with Crippen molar-refractivity contribution in [1.82, 2.24) is 5.48 Å². The van der Waals surface area contributed by atoms with Gasteiger partial charge in [-0.3, -0.25) is 0 Å². The average Bonchev–Trinajstić information content (AvgIpc) is 2.94. The highest BCUT2D eigenvalue weighted by Gasteiger charge is 2.17. The topological polar surface area (TPSA) is 21.3 Å². The van der Waals surface area contributed by atoms with E-state index in [1.54, 1.807) is 0 Å². The summed E-state index contributed by atoms with van der Waals surface area (Å²) < 4.78 is 0. The second-order valence-corrected chi connectivity index (χ2v) is 4.30. The maximum atomic E-state index is 5.21. The SMILES string of the molecule is c1ccc(-c2cccc(C3CCON3)c2)cc1. The largest absolute Gasteiger partial charge is 0.301 e. The molecule has 1 atom stereocenters. The van der Waals surface area contributed by atoms with E-state index in [4.69, 9.17) is 4.84 Å². The minimum atomic E-state index is 0.332. The van der Waals surface area contributed by atoms with Crippen LogP contribution in [0.3, 0.4) is 0 Å². The summed E-state index contributed by atoms with van der Waals surface area (Å²) in [6.07, 6.45) is 1.04. The molecule has 0 radical (unpaired) electrons. The summed E-state index contributed by atoms with van der Waals surface area (Å²) in [4.78, 5) is 5.21. The van der Waals surface area contributed by atoms with Crippen LogP contribution in [0.4, 0.5) is 0 Å². The van der Waals surface area contributed by atoms with Crippen molar-refractivity contribution in [1.29, 1.82) is 0 Å². The molecule has 0 amide bonds. The molecular weight excluding hydrogens is 210 g/mol. The van der Waals surface area contributed by atoms with Crippen LogP contribution in [0.2, 0.25) is 0 Å². The van der Waals surface area contributed by atoms with Gasteiger partial charge in [0.05, 0.1) is 12.6 Å². The Kier molecular flexibility index (Phi) is 2.90. The van der Waals surface area contributed by atoms with Gasteiger partial charge < -0.3 is 4.84 Å². The van der Waals surface area contributed by atoms with Gasteiger partial charge in [0, 0.05) is 0 Å². The van der Waals surface area contributed by atoms with Crippen molar-refractivity contribution in [2.24, 2.45) is 0 Å². The van der Waals surface area contributed by atoms with Crippen LogP contribution in [0.25, 0.3) is 11.1 Å². The van der Waals surface area contributed by atoms with Crippen LogP contribution in [0.1, 0.15) is 18.0 Å². The third kappa shape index (κ3) is 2.23. The number of rotatable bonds is 2. The van der Waals surface area contributed by atoms with Crippen molar-refractivity contribution in [2.45, 2.75) is 12.5 Å². The van der Waals surface area contributed by atoms with Gasteiger partial charge in [0.2, 0.25) is 0 Å². The molecule has 1 aliphatic heterocycles. The number of hydrogen-bond donors (Lipinski definition) is 1. The van der Waals surface area contributed by atoms with Gasteiger partial charge in [0.1, 0.15) is 0 Å².